The minimum atomic E-state index is -0.304. The Morgan fingerprint density at radius 2 is 2.19 bits per heavy atom. The minimum absolute atomic E-state index is 0. The molecule has 2 aromatic rings. The number of carbonyl (C=O) groups is 1. The van der Waals surface area contributed by atoms with E-state index in [1.165, 1.54) is 12.8 Å². The molecule has 1 atom stereocenters. The van der Waals surface area contributed by atoms with E-state index in [1.54, 1.807) is 0 Å². The lowest BCUT2D eigenvalue weighted by Gasteiger charge is -2.23. The summed E-state index contributed by atoms with van der Waals surface area (Å²) in [5.41, 5.74) is 1.74. The molecule has 2 N–H and O–H groups in total. The number of anilines is 1. The van der Waals surface area contributed by atoms with Gasteiger partial charge in [-0.2, -0.15) is 0 Å². The monoisotopic (exact) mass is 377 g/mol. The first-order chi connectivity index (χ1) is 12.3. The maximum Gasteiger partial charge on any atom is 0.243 e. The summed E-state index contributed by atoms with van der Waals surface area (Å²) in [7, 11) is 0. The number of benzene rings is 1. The molecule has 2 aliphatic heterocycles. The van der Waals surface area contributed by atoms with E-state index < -0.39 is 0 Å². The molecule has 3 heterocycles. The summed E-state index contributed by atoms with van der Waals surface area (Å²) in [5, 5.41) is 14.9. The average molecular weight is 378 g/mol. The normalized spacial score (nSPS) is 19.8. The first-order valence-corrected chi connectivity index (χ1v) is 8.96. The van der Waals surface area contributed by atoms with Crippen molar-refractivity contribution in [2.24, 2.45) is 0 Å². The first kappa shape index (κ1) is 18.8. The third-order valence-electron chi connectivity index (χ3n) is 4.74. The Labute approximate surface area is 158 Å². The molecule has 1 saturated heterocycles. The number of aryl methyl sites for hydroxylation is 1. The molecule has 1 unspecified atom stereocenters. The van der Waals surface area contributed by atoms with Gasteiger partial charge in [0.1, 0.15) is 11.9 Å². The van der Waals surface area contributed by atoms with Crippen LogP contribution >= 0.6 is 12.4 Å². The fourth-order valence-corrected chi connectivity index (χ4v) is 3.40. The average Bonchev–Trinajstić information content (AvgIpc) is 2.91. The predicted molar refractivity (Wildman–Crippen MR) is 102 cm³/mol. The highest BCUT2D eigenvalue weighted by molar-refractivity contribution is 5.95. The summed E-state index contributed by atoms with van der Waals surface area (Å²) in [6, 6.07) is 7.50. The van der Waals surface area contributed by atoms with Crippen molar-refractivity contribution in [3.63, 3.8) is 0 Å². The molecule has 1 amide bonds. The summed E-state index contributed by atoms with van der Waals surface area (Å²) in [6.07, 6.45) is 4.54. The van der Waals surface area contributed by atoms with E-state index >= 15 is 0 Å². The largest absolute Gasteiger partial charge is 0.378 e. The second-order valence-electron chi connectivity index (χ2n) is 6.55. The van der Waals surface area contributed by atoms with Gasteiger partial charge >= 0.3 is 0 Å². The number of nitrogens with one attached hydrogen (secondary N) is 2. The zero-order chi connectivity index (χ0) is 17.1. The van der Waals surface area contributed by atoms with Gasteiger partial charge < -0.3 is 19.9 Å². The summed E-state index contributed by atoms with van der Waals surface area (Å²) in [4.78, 5) is 12.4. The molecule has 8 heteroatoms. The van der Waals surface area contributed by atoms with Crippen molar-refractivity contribution >= 4 is 24.0 Å². The van der Waals surface area contributed by atoms with Crippen LogP contribution < -0.4 is 10.6 Å². The van der Waals surface area contributed by atoms with Crippen LogP contribution in [0, 0.1) is 0 Å². The molecule has 1 aromatic carbocycles. The van der Waals surface area contributed by atoms with Crippen molar-refractivity contribution in [3.05, 3.63) is 30.1 Å². The quantitative estimate of drug-likeness (QED) is 0.855. The Bertz CT molecular complexity index is 758. The van der Waals surface area contributed by atoms with Gasteiger partial charge in [-0.15, -0.1) is 22.6 Å². The Kier molecular flexibility index (Phi) is 6.24. The Hall–Kier alpha value is -1.96. The van der Waals surface area contributed by atoms with Crippen LogP contribution in [-0.4, -0.2) is 46.5 Å². The van der Waals surface area contributed by atoms with E-state index in [1.807, 2.05) is 24.3 Å². The lowest BCUT2D eigenvalue weighted by molar-refractivity contribution is -0.120. The molecule has 0 saturated carbocycles. The minimum Gasteiger partial charge on any atom is -0.378 e. The molecule has 0 bridgehead atoms. The second kappa shape index (κ2) is 8.62. The van der Waals surface area contributed by atoms with Crippen LogP contribution in [-0.2, 0) is 22.5 Å². The van der Waals surface area contributed by atoms with Crippen LogP contribution in [0.4, 0.5) is 5.69 Å². The summed E-state index contributed by atoms with van der Waals surface area (Å²) in [5.74, 6) is 1.87. The number of ether oxygens (including phenoxy) is 1. The maximum atomic E-state index is 12.4. The van der Waals surface area contributed by atoms with Crippen molar-refractivity contribution in [1.29, 1.82) is 0 Å². The molecular weight excluding hydrogens is 354 g/mol. The summed E-state index contributed by atoms with van der Waals surface area (Å²) in [6.45, 7) is 2.71. The van der Waals surface area contributed by atoms with Crippen molar-refractivity contribution in [1.82, 2.24) is 20.1 Å². The first-order valence-electron chi connectivity index (χ1n) is 8.96. The SMILES string of the molecule is Cl.O=C(Nc1cccc(-c2nnc3n2CCCCC3)c1)C1COCCN1. The molecule has 26 heavy (non-hydrogen) atoms. The van der Waals surface area contributed by atoms with Crippen LogP contribution in [0.1, 0.15) is 25.1 Å². The van der Waals surface area contributed by atoms with Gasteiger partial charge in [0.05, 0.1) is 13.2 Å². The Balaban J connectivity index is 0.00000196. The van der Waals surface area contributed by atoms with Crippen molar-refractivity contribution in [2.75, 3.05) is 25.1 Å². The number of morpholine rings is 1. The molecule has 1 aromatic heterocycles. The highest BCUT2D eigenvalue weighted by atomic mass is 35.5. The van der Waals surface area contributed by atoms with Gasteiger partial charge in [0.2, 0.25) is 5.91 Å². The predicted octanol–water partition coefficient (Wildman–Crippen LogP) is 2.02. The van der Waals surface area contributed by atoms with Gasteiger partial charge in [-0.05, 0) is 25.0 Å². The number of hydrogen-bond acceptors (Lipinski definition) is 5. The topological polar surface area (TPSA) is 81.1 Å². The Morgan fingerprint density at radius 3 is 3.04 bits per heavy atom. The van der Waals surface area contributed by atoms with E-state index in [-0.39, 0.29) is 24.4 Å². The number of halogens is 1. The number of carbonyl (C=O) groups excluding carboxylic acids is 1. The molecule has 4 rings (SSSR count). The lowest BCUT2D eigenvalue weighted by Crippen LogP contribution is -2.48. The number of aromatic nitrogens is 3. The highest BCUT2D eigenvalue weighted by Gasteiger charge is 2.21. The van der Waals surface area contributed by atoms with Gasteiger partial charge in [0, 0.05) is 30.8 Å². The molecule has 7 nitrogen and oxygen atoms in total. The van der Waals surface area contributed by atoms with Gasteiger partial charge in [-0.25, -0.2) is 0 Å². The van der Waals surface area contributed by atoms with Crippen molar-refractivity contribution in [2.45, 2.75) is 38.3 Å². The van der Waals surface area contributed by atoms with E-state index in [9.17, 15) is 4.79 Å². The molecule has 2 aliphatic rings. The standard InChI is InChI=1S/C18H23N5O2.ClH/c24-18(15-12-25-10-8-19-15)20-14-6-4-5-13(11-14)17-22-21-16-7-2-1-3-9-23(16)17;/h4-6,11,15,19H,1-3,7-10,12H2,(H,20,24);1H. The third-order valence-corrected chi connectivity index (χ3v) is 4.74. The van der Waals surface area contributed by atoms with Crippen LogP contribution in [0.5, 0.6) is 0 Å². The summed E-state index contributed by atoms with van der Waals surface area (Å²) < 4.78 is 7.57. The zero-order valence-electron chi connectivity index (χ0n) is 14.6. The van der Waals surface area contributed by atoms with Crippen LogP contribution in [0.15, 0.2) is 24.3 Å². The Morgan fingerprint density at radius 1 is 1.27 bits per heavy atom. The molecular formula is C18H24ClN5O2. The van der Waals surface area contributed by atoms with Crippen LogP contribution in [0.3, 0.4) is 0 Å². The zero-order valence-corrected chi connectivity index (χ0v) is 15.4. The highest BCUT2D eigenvalue weighted by Crippen LogP contribution is 2.25. The number of amides is 1. The van der Waals surface area contributed by atoms with Crippen molar-refractivity contribution in [3.8, 4) is 11.4 Å². The van der Waals surface area contributed by atoms with E-state index in [4.69, 9.17) is 4.74 Å². The van der Waals surface area contributed by atoms with Crippen molar-refractivity contribution < 1.29 is 9.53 Å². The number of nitrogens with zero attached hydrogens (tertiary/aromatic N) is 3. The van der Waals surface area contributed by atoms with Crippen LogP contribution in [0.25, 0.3) is 11.4 Å². The maximum absolute atomic E-state index is 12.4. The smallest absolute Gasteiger partial charge is 0.243 e. The number of rotatable bonds is 3. The molecule has 0 radical (unpaired) electrons. The third kappa shape index (κ3) is 4.06. The van der Waals surface area contributed by atoms with Gasteiger partial charge in [0.15, 0.2) is 5.82 Å². The summed E-state index contributed by atoms with van der Waals surface area (Å²) >= 11 is 0. The molecule has 0 spiro atoms. The number of fused-ring (bicyclic) bond motifs is 1. The van der Waals surface area contributed by atoms with Gasteiger partial charge in [0.25, 0.3) is 0 Å². The lowest BCUT2D eigenvalue weighted by atomic mass is 10.1. The number of hydrogen-bond donors (Lipinski definition) is 2. The van der Waals surface area contributed by atoms with E-state index in [0.717, 1.165) is 42.3 Å². The van der Waals surface area contributed by atoms with E-state index in [2.05, 4.69) is 25.4 Å². The fraction of sp³-hybridized carbons (Fsp3) is 0.500. The second-order valence-corrected chi connectivity index (χ2v) is 6.55. The molecule has 1 fully saturated rings. The molecule has 0 aliphatic carbocycles. The van der Waals surface area contributed by atoms with E-state index in [0.29, 0.717) is 19.8 Å². The van der Waals surface area contributed by atoms with Gasteiger partial charge in [-0.3, -0.25) is 4.79 Å². The molecule has 140 valence electrons. The van der Waals surface area contributed by atoms with Gasteiger partial charge in [-0.1, -0.05) is 18.6 Å². The van der Waals surface area contributed by atoms with Crippen LogP contribution in [0.2, 0.25) is 0 Å². The fourth-order valence-electron chi connectivity index (χ4n) is 3.40.